The van der Waals surface area contributed by atoms with Gasteiger partial charge in [-0.1, -0.05) is 0 Å². The Hall–Kier alpha value is -1.46. The van der Waals surface area contributed by atoms with Crippen LogP contribution in [0.15, 0.2) is 6.07 Å². The van der Waals surface area contributed by atoms with Crippen molar-refractivity contribution in [3.05, 3.63) is 11.8 Å². The van der Waals surface area contributed by atoms with Crippen molar-refractivity contribution in [2.75, 3.05) is 0 Å². The molecule has 0 radical (unpaired) electrons. The summed E-state index contributed by atoms with van der Waals surface area (Å²) < 4.78 is 23.6. The van der Waals surface area contributed by atoms with E-state index >= 15 is 0 Å². The molecule has 60 valence electrons. The summed E-state index contributed by atoms with van der Waals surface area (Å²) in [7, 11) is 0. The van der Waals surface area contributed by atoms with Crippen molar-refractivity contribution in [2.24, 2.45) is 0 Å². The molecule has 6 heteroatoms. The molecule has 0 unspecified atom stereocenters. The maximum Gasteiger partial charge on any atom is 0.317 e. The van der Waals surface area contributed by atoms with Gasteiger partial charge in [0.15, 0.2) is 0 Å². The molecule has 0 aromatic carbocycles. The molecule has 2 N–H and O–H groups in total. The van der Waals surface area contributed by atoms with Gasteiger partial charge in [-0.15, -0.1) is 0 Å². The number of aromatic hydroxyl groups is 2. The summed E-state index contributed by atoms with van der Waals surface area (Å²) >= 11 is 0. The first kappa shape index (κ1) is 7.64. The third kappa shape index (κ3) is 1.73. The van der Waals surface area contributed by atoms with Crippen LogP contribution in [0.3, 0.4) is 0 Å². The minimum Gasteiger partial charge on any atom is -0.493 e. The summed E-state index contributed by atoms with van der Waals surface area (Å²) in [5.41, 5.74) is -0.699. The molecule has 0 saturated heterocycles. The molecule has 0 amide bonds. The van der Waals surface area contributed by atoms with Gasteiger partial charge in [0.25, 0.3) is 6.43 Å². The molecule has 0 spiro atoms. The zero-order valence-electron chi connectivity index (χ0n) is 5.20. The molecule has 0 aliphatic carbocycles. The molecular formula is C5H4F2N2O2. The van der Waals surface area contributed by atoms with Crippen LogP contribution in [0.25, 0.3) is 0 Å². The van der Waals surface area contributed by atoms with Crippen LogP contribution >= 0.6 is 0 Å². The van der Waals surface area contributed by atoms with Crippen molar-refractivity contribution in [1.82, 2.24) is 9.97 Å². The summed E-state index contributed by atoms with van der Waals surface area (Å²) in [5, 5.41) is 17.1. The second-order valence-corrected chi connectivity index (χ2v) is 1.75. The Morgan fingerprint density at radius 1 is 1.27 bits per heavy atom. The highest BCUT2D eigenvalue weighted by Crippen LogP contribution is 2.20. The van der Waals surface area contributed by atoms with Gasteiger partial charge in [0, 0.05) is 6.07 Å². The van der Waals surface area contributed by atoms with E-state index in [0.717, 1.165) is 0 Å². The highest BCUT2D eigenvalue weighted by atomic mass is 19.3. The van der Waals surface area contributed by atoms with E-state index < -0.39 is 24.0 Å². The maximum atomic E-state index is 11.8. The Balaban J connectivity index is 3.08. The maximum absolute atomic E-state index is 11.8. The largest absolute Gasteiger partial charge is 0.493 e. The molecule has 11 heavy (non-hydrogen) atoms. The van der Waals surface area contributed by atoms with Crippen molar-refractivity contribution >= 4 is 0 Å². The first-order valence-corrected chi connectivity index (χ1v) is 2.64. The third-order valence-corrected chi connectivity index (χ3v) is 0.944. The first-order valence-electron chi connectivity index (χ1n) is 2.64. The lowest BCUT2D eigenvalue weighted by Gasteiger charge is -1.98. The Bertz CT molecular complexity index is 246. The smallest absolute Gasteiger partial charge is 0.317 e. The van der Waals surface area contributed by atoms with Gasteiger partial charge in [0.05, 0.1) is 0 Å². The minimum absolute atomic E-state index is 0.673. The van der Waals surface area contributed by atoms with Crippen LogP contribution in [-0.4, -0.2) is 20.2 Å². The summed E-state index contributed by atoms with van der Waals surface area (Å²) in [5.74, 6) is -0.673. The SMILES string of the molecule is Oc1cc(C(F)F)nc(O)n1. The van der Waals surface area contributed by atoms with Crippen molar-refractivity contribution in [3.8, 4) is 11.9 Å². The molecule has 4 nitrogen and oxygen atoms in total. The number of aromatic nitrogens is 2. The fourth-order valence-electron chi connectivity index (χ4n) is 0.552. The summed E-state index contributed by atoms with van der Waals surface area (Å²) in [4.78, 5) is 5.95. The van der Waals surface area contributed by atoms with Gasteiger partial charge in [-0.25, -0.2) is 8.78 Å². The molecule has 0 saturated carbocycles. The summed E-state index contributed by atoms with van der Waals surface area (Å²) in [6.45, 7) is 0. The Morgan fingerprint density at radius 2 is 1.91 bits per heavy atom. The van der Waals surface area contributed by atoms with Crippen molar-refractivity contribution in [1.29, 1.82) is 0 Å². The summed E-state index contributed by atoms with van der Waals surface area (Å²) in [6, 6.07) is -0.176. The molecular weight excluding hydrogens is 158 g/mol. The normalized spacial score (nSPS) is 10.5. The van der Waals surface area contributed by atoms with Crippen molar-refractivity contribution in [2.45, 2.75) is 6.43 Å². The average Bonchev–Trinajstić information content (AvgIpc) is 1.85. The number of rotatable bonds is 1. The van der Waals surface area contributed by atoms with Gasteiger partial charge in [-0.3, -0.25) is 0 Å². The highest BCUT2D eigenvalue weighted by Gasteiger charge is 2.11. The van der Waals surface area contributed by atoms with E-state index in [0.29, 0.717) is 6.07 Å². The van der Waals surface area contributed by atoms with Crippen LogP contribution in [0.4, 0.5) is 8.78 Å². The lowest BCUT2D eigenvalue weighted by Crippen LogP contribution is -1.91. The molecule has 1 aromatic heterocycles. The van der Waals surface area contributed by atoms with Gasteiger partial charge in [0.2, 0.25) is 5.88 Å². The van der Waals surface area contributed by atoms with Crippen LogP contribution in [-0.2, 0) is 0 Å². The highest BCUT2D eigenvalue weighted by molar-refractivity contribution is 5.17. The second-order valence-electron chi connectivity index (χ2n) is 1.75. The second kappa shape index (κ2) is 2.65. The van der Waals surface area contributed by atoms with Gasteiger partial charge < -0.3 is 10.2 Å². The van der Waals surface area contributed by atoms with E-state index in [1.807, 2.05) is 0 Å². The van der Waals surface area contributed by atoms with Gasteiger partial charge >= 0.3 is 6.01 Å². The lowest BCUT2D eigenvalue weighted by molar-refractivity contribution is 0.144. The molecule has 1 rings (SSSR count). The third-order valence-electron chi connectivity index (χ3n) is 0.944. The van der Waals surface area contributed by atoms with Crippen LogP contribution in [0.2, 0.25) is 0 Å². The van der Waals surface area contributed by atoms with E-state index in [1.165, 1.54) is 0 Å². The van der Waals surface area contributed by atoms with Crippen LogP contribution < -0.4 is 0 Å². The van der Waals surface area contributed by atoms with E-state index in [2.05, 4.69) is 9.97 Å². The predicted octanol–water partition coefficient (Wildman–Crippen LogP) is 0.825. The van der Waals surface area contributed by atoms with Gasteiger partial charge in [0.1, 0.15) is 5.69 Å². The number of halogens is 2. The van der Waals surface area contributed by atoms with Crippen LogP contribution in [0.5, 0.6) is 11.9 Å². The Labute approximate surface area is 60.2 Å². The Kier molecular flexibility index (Phi) is 1.84. The van der Waals surface area contributed by atoms with E-state index in [4.69, 9.17) is 10.2 Å². The molecule has 0 atom stereocenters. The summed E-state index contributed by atoms with van der Waals surface area (Å²) in [6.07, 6.45) is -2.82. The van der Waals surface area contributed by atoms with Gasteiger partial charge in [-0.05, 0) is 0 Å². The minimum atomic E-state index is -2.82. The molecule has 1 aromatic rings. The topological polar surface area (TPSA) is 66.2 Å². The van der Waals surface area contributed by atoms with Crippen LogP contribution in [0, 0.1) is 0 Å². The fourth-order valence-corrected chi connectivity index (χ4v) is 0.552. The monoisotopic (exact) mass is 162 g/mol. The van der Waals surface area contributed by atoms with E-state index in [-0.39, 0.29) is 0 Å². The number of nitrogens with zero attached hydrogens (tertiary/aromatic N) is 2. The zero-order valence-corrected chi connectivity index (χ0v) is 5.20. The molecule has 1 heterocycles. The fraction of sp³-hybridized carbons (Fsp3) is 0.200. The lowest BCUT2D eigenvalue weighted by atomic mass is 10.4. The number of hydrogen-bond donors (Lipinski definition) is 2. The van der Waals surface area contributed by atoms with Crippen molar-refractivity contribution < 1.29 is 19.0 Å². The molecule has 0 bridgehead atoms. The van der Waals surface area contributed by atoms with E-state index in [9.17, 15) is 8.78 Å². The quantitative estimate of drug-likeness (QED) is 0.641. The van der Waals surface area contributed by atoms with E-state index in [1.54, 1.807) is 0 Å². The number of hydrogen-bond acceptors (Lipinski definition) is 4. The first-order chi connectivity index (χ1) is 5.09. The molecule has 0 aliphatic heterocycles. The Morgan fingerprint density at radius 3 is 2.36 bits per heavy atom. The average molecular weight is 162 g/mol. The van der Waals surface area contributed by atoms with Crippen molar-refractivity contribution in [3.63, 3.8) is 0 Å². The molecule has 0 aliphatic rings. The zero-order chi connectivity index (χ0) is 8.43. The number of alkyl halides is 2. The van der Waals surface area contributed by atoms with Crippen LogP contribution in [0.1, 0.15) is 12.1 Å². The standard InChI is InChI=1S/C5H4F2N2O2/c6-4(7)2-1-3(10)9-5(11)8-2/h1,4H,(H2,8,9,10,11). The predicted molar refractivity (Wildman–Crippen MR) is 30.3 cm³/mol. The van der Waals surface area contributed by atoms with Gasteiger partial charge in [-0.2, -0.15) is 9.97 Å². The molecule has 0 fully saturated rings.